The maximum Gasteiger partial charge on any atom is 0.224 e. The summed E-state index contributed by atoms with van der Waals surface area (Å²) in [7, 11) is 0. The van der Waals surface area contributed by atoms with Gasteiger partial charge in [-0.05, 0) is 75.9 Å². The molecule has 2 saturated heterocycles. The Morgan fingerprint density at radius 2 is 1.66 bits per heavy atom. The molecule has 0 bridgehead atoms. The Balaban J connectivity index is 1.23. The van der Waals surface area contributed by atoms with Crippen molar-refractivity contribution >= 4 is 5.91 Å². The van der Waals surface area contributed by atoms with Crippen LogP contribution in [0.3, 0.4) is 0 Å². The monoisotopic (exact) mass is 398 g/mol. The fraction of sp³-hybridized carbons (Fsp3) is 0.750. The molecule has 3 aliphatic rings. The summed E-state index contributed by atoms with van der Waals surface area (Å²) in [5.74, 6) is 0.526. The first-order valence-electron chi connectivity index (χ1n) is 11.9. The van der Waals surface area contributed by atoms with Crippen LogP contribution in [0, 0.1) is 5.92 Å². The largest absolute Gasteiger partial charge is 0.353 e. The molecule has 0 radical (unpaired) electrons. The van der Waals surface area contributed by atoms with E-state index in [2.05, 4.69) is 32.2 Å². The predicted octanol–water partition coefficient (Wildman–Crippen LogP) is 3.60. The number of piperidine rings is 2. The molecule has 3 fully saturated rings. The SMILES string of the molecule is O=C(NC1CCCCCC1)[C@H]1CCCN(C2CCN(Cc3ccncc3)CC2)C1. The van der Waals surface area contributed by atoms with Crippen LogP contribution in [0.5, 0.6) is 0 Å². The van der Waals surface area contributed by atoms with Crippen molar-refractivity contribution in [2.75, 3.05) is 26.2 Å². The van der Waals surface area contributed by atoms with Gasteiger partial charge in [0.25, 0.3) is 0 Å². The van der Waals surface area contributed by atoms with Crippen molar-refractivity contribution in [1.82, 2.24) is 20.1 Å². The number of carbonyl (C=O) groups is 1. The van der Waals surface area contributed by atoms with Crippen molar-refractivity contribution in [2.45, 2.75) is 82.8 Å². The normalized spacial score (nSPS) is 26.1. The van der Waals surface area contributed by atoms with E-state index in [1.165, 1.54) is 69.9 Å². The predicted molar refractivity (Wildman–Crippen MR) is 116 cm³/mol. The van der Waals surface area contributed by atoms with Crippen molar-refractivity contribution in [3.05, 3.63) is 30.1 Å². The third-order valence-electron chi connectivity index (χ3n) is 7.25. The molecule has 1 atom stereocenters. The van der Waals surface area contributed by atoms with Crippen molar-refractivity contribution in [2.24, 2.45) is 5.92 Å². The molecule has 1 aromatic heterocycles. The van der Waals surface area contributed by atoms with E-state index in [1.54, 1.807) is 0 Å². The highest BCUT2D eigenvalue weighted by molar-refractivity contribution is 5.79. The van der Waals surface area contributed by atoms with Gasteiger partial charge >= 0.3 is 0 Å². The third-order valence-corrected chi connectivity index (χ3v) is 7.25. The Kier molecular flexibility index (Phi) is 7.55. The van der Waals surface area contributed by atoms with Gasteiger partial charge in [-0.2, -0.15) is 0 Å². The number of hydrogen-bond donors (Lipinski definition) is 1. The smallest absolute Gasteiger partial charge is 0.224 e. The summed E-state index contributed by atoms with van der Waals surface area (Å²) < 4.78 is 0. The standard InChI is InChI=1S/C24H38N4O/c29-24(26-22-7-3-1-2-4-8-22)21-6-5-15-28(19-21)23-11-16-27(17-12-23)18-20-9-13-25-14-10-20/h9-10,13-14,21-23H,1-8,11-12,15-19H2,(H,26,29)/t21-/m0/s1. The number of nitrogens with one attached hydrogen (secondary N) is 1. The van der Waals surface area contributed by atoms with E-state index in [0.717, 1.165) is 32.6 Å². The molecule has 160 valence electrons. The fourth-order valence-corrected chi connectivity index (χ4v) is 5.48. The summed E-state index contributed by atoms with van der Waals surface area (Å²) in [5.41, 5.74) is 1.35. The van der Waals surface area contributed by atoms with E-state index in [4.69, 9.17) is 0 Å². The third kappa shape index (κ3) is 6.02. The Morgan fingerprint density at radius 1 is 0.931 bits per heavy atom. The Bertz CT molecular complexity index is 621. The lowest BCUT2D eigenvalue weighted by molar-refractivity contribution is -0.128. The molecular weight excluding hydrogens is 360 g/mol. The maximum atomic E-state index is 12.9. The molecule has 0 unspecified atom stereocenters. The lowest BCUT2D eigenvalue weighted by Gasteiger charge is -2.42. The zero-order valence-electron chi connectivity index (χ0n) is 17.9. The minimum atomic E-state index is 0.196. The molecule has 5 nitrogen and oxygen atoms in total. The van der Waals surface area contributed by atoms with Gasteiger partial charge in [0.15, 0.2) is 0 Å². The van der Waals surface area contributed by atoms with E-state index in [1.807, 2.05) is 12.4 Å². The van der Waals surface area contributed by atoms with Crippen LogP contribution in [-0.4, -0.2) is 59.0 Å². The molecule has 0 aromatic carbocycles. The van der Waals surface area contributed by atoms with Gasteiger partial charge in [-0.3, -0.25) is 19.6 Å². The average molecular weight is 399 g/mol. The molecule has 29 heavy (non-hydrogen) atoms. The van der Waals surface area contributed by atoms with Gasteiger partial charge in [0.2, 0.25) is 5.91 Å². The van der Waals surface area contributed by atoms with E-state index in [-0.39, 0.29) is 5.92 Å². The number of carbonyl (C=O) groups excluding carboxylic acids is 1. The first kappa shape index (κ1) is 20.8. The molecule has 1 aromatic rings. The van der Waals surface area contributed by atoms with E-state index in [9.17, 15) is 4.79 Å². The highest BCUT2D eigenvalue weighted by Crippen LogP contribution is 2.25. The molecular formula is C24H38N4O. The fourth-order valence-electron chi connectivity index (χ4n) is 5.48. The maximum absolute atomic E-state index is 12.9. The molecule has 3 heterocycles. The van der Waals surface area contributed by atoms with E-state index >= 15 is 0 Å². The molecule has 1 amide bonds. The van der Waals surface area contributed by atoms with Crippen molar-refractivity contribution in [3.8, 4) is 0 Å². The molecule has 1 aliphatic carbocycles. The van der Waals surface area contributed by atoms with Gasteiger partial charge in [0.05, 0.1) is 5.92 Å². The summed E-state index contributed by atoms with van der Waals surface area (Å²) >= 11 is 0. The minimum Gasteiger partial charge on any atom is -0.353 e. The molecule has 1 saturated carbocycles. The summed E-state index contributed by atoms with van der Waals surface area (Å²) in [4.78, 5) is 22.2. The number of aromatic nitrogens is 1. The number of nitrogens with zero attached hydrogens (tertiary/aromatic N) is 3. The highest BCUT2D eigenvalue weighted by atomic mass is 16.2. The topological polar surface area (TPSA) is 48.5 Å². The Labute approximate surface area is 176 Å². The van der Waals surface area contributed by atoms with Crippen molar-refractivity contribution in [1.29, 1.82) is 0 Å². The van der Waals surface area contributed by atoms with Crippen LogP contribution in [0.25, 0.3) is 0 Å². The summed E-state index contributed by atoms with van der Waals surface area (Å²) in [5, 5.41) is 3.41. The molecule has 5 heteroatoms. The highest BCUT2D eigenvalue weighted by Gasteiger charge is 2.32. The second kappa shape index (κ2) is 10.5. The first-order valence-corrected chi connectivity index (χ1v) is 11.9. The average Bonchev–Trinajstić information content (AvgIpc) is 3.04. The van der Waals surface area contributed by atoms with Crippen molar-refractivity contribution in [3.63, 3.8) is 0 Å². The van der Waals surface area contributed by atoms with Gasteiger partial charge in [-0.15, -0.1) is 0 Å². The number of amides is 1. The van der Waals surface area contributed by atoms with Crippen LogP contribution >= 0.6 is 0 Å². The zero-order chi connectivity index (χ0) is 19.9. The quantitative estimate of drug-likeness (QED) is 0.770. The van der Waals surface area contributed by atoms with Crippen LogP contribution < -0.4 is 5.32 Å². The first-order chi connectivity index (χ1) is 14.3. The number of likely N-dealkylation sites (tertiary alicyclic amines) is 2. The number of hydrogen-bond acceptors (Lipinski definition) is 4. The lowest BCUT2D eigenvalue weighted by Crippen LogP contribution is -2.51. The van der Waals surface area contributed by atoms with Crippen molar-refractivity contribution < 1.29 is 4.79 Å². The molecule has 2 aliphatic heterocycles. The molecule has 1 N–H and O–H groups in total. The zero-order valence-corrected chi connectivity index (χ0v) is 17.9. The summed E-state index contributed by atoms with van der Waals surface area (Å²) in [6, 6.07) is 5.32. The summed E-state index contributed by atoms with van der Waals surface area (Å²) in [6.45, 7) is 5.47. The number of pyridine rings is 1. The van der Waals surface area contributed by atoms with Gasteiger partial charge in [0.1, 0.15) is 0 Å². The second-order valence-corrected chi connectivity index (χ2v) is 9.39. The van der Waals surface area contributed by atoms with Crippen LogP contribution in [0.4, 0.5) is 0 Å². The van der Waals surface area contributed by atoms with E-state index < -0.39 is 0 Å². The van der Waals surface area contributed by atoms with Gasteiger partial charge in [-0.1, -0.05) is 25.7 Å². The summed E-state index contributed by atoms with van der Waals surface area (Å²) in [6.07, 6.45) is 16.0. The molecule has 4 rings (SSSR count). The molecule has 0 spiro atoms. The minimum absolute atomic E-state index is 0.196. The van der Waals surface area contributed by atoms with E-state index in [0.29, 0.717) is 18.0 Å². The van der Waals surface area contributed by atoms with Crippen LogP contribution in [-0.2, 0) is 11.3 Å². The Hall–Kier alpha value is -1.46. The van der Waals surface area contributed by atoms with Crippen LogP contribution in [0.15, 0.2) is 24.5 Å². The van der Waals surface area contributed by atoms with Gasteiger partial charge in [-0.25, -0.2) is 0 Å². The van der Waals surface area contributed by atoms with Crippen LogP contribution in [0.2, 0.25) is 0 Å². The van der Waals surface area contributed by atoms with Crippen LogP contribution in [0.1, 0.15) is 69.8 Å². The van der Waals surface area contributed by atoms with Gasteiger partial charge < -0.3 is 5.32 Å². The lowest BCUT2D eigenvalue weighted by atomic mass is 9.92. The Morgan fingerprint density at radius 3 is 2.38 bits per heavy atom. The second-order valence-electron chi connectivity index (χ2n) is 9.39. The number of rotatable bonds is 5. The van der Waals surface area contributed by atoms with Gasteiger partial charge in [0, 0.05) is 37.6 Å².